The molecular formula is C24H26N2O3S2. The van der Waals surface area contributed by atoms with Crippen molar-refractivity contribution >= 4 is 39.1 Å². The highest BCUT2D eigenvalue weighted by Gasteiger charge is 2.29. The van der Waals surface area contributed by atoms with E-state index >= 15 is 0 Å². The molecule has 0 aromatic heterocycles. The summed E-state index contributed by atoms with van der Waals surface area (Å²) in [4.78, 5) is 15.0. The number of rotatable bonds is 7. The predicted molar refractivity (Wildman–Crippen MR) is 128 cm³/mol. The Hall–Kier alpha value is -2.77. The molecule has 3 aromatic carbocycles. The topological polar surface area (TPSA) is 66.5 Å². The molecule has 0 unspecified atom stereocenters. The number of anilines is 2. The number of aryl methyl sites for hydroxylation is 2. The van der Waals surface area contributed by atoms with Crippen molar-refractivity contribution in [3.05, 3.63) is 83.9 Å². The summed E-state index contributed by atoms with van der Waals surface area (Å²) in [6.07, 6.45) is 1.12. The van der Waals surface area contributed by atoms with Crippen LogP contribution in [0.5, 0.6) is 0 Å². The van der Waals surface area contributed by atoms with Gasteiger partial charge in [-0.2, -0.15) is 0 Å². The van der Waals surface area contributed by atoms with Gasteiger partial charge in [0.25, 0.3) is 0 Å². The Kier molecular flexibility index (Phi) is 7.08. The summed E-state index contributed by atoms with van der Waals surface area (Å²) >= 11 is 1.54. The van der Waals surface area contributed by atoms with E-state index in [1.807, 2.05) is 74.5 Å². The molecule has 1 atom stereocenters. The van der Waals surface area contributed by atoms with Crippen LogP contribution in [-0.2, 0) is 14.8 Å². The smallest absolute Gasteiger partial charge is 0.248 e. The highest BCUT2D eigenvalue weighted by Crippen LogP contribution is 2.33. The summed E-state index contributed by atoms with van der Waals surface area (Å²) in [5.41, 5.74) is 3.13. The van der Waals surface area contributed by atoms with E-state index in [1.165, 1.54) is 16.1 Å². The first-order chi connectivity index (χ1) is 14.7. The molecule has 5 nitrogen and oxygen atoms in total. The molecular weight excluding hydrogens is 428 g/mol. The van der Waals surface area contributed by atoms with Crippen LogP contribution in [0, 0.1) is 13.8 Å². The van der Waals surface area contributed by atoms with Gasteiger partial charge < -0.3 is 5.32 Å². The van der Waals surface area contributed by atoms with E-state index in [2.05, 4.69) is 5.32 Å². The van der Waals surface area contributed by atoms with Crippen molar-refractivity contribution in [1.29, 1.82) is 0 Å². The summed E-state index contributed by atoms with van der Waals surface area (Å²) in [5.74, 6) is -0.398. The van der Waals surface area contributed by atoms with Crippen LogP contribution in [0.2, 0.25) is 0 Å². The van der Waals surface area contributed by atoms with Gasteiger partial charge in [0, 0.05) is 9.79 Å². The molecule has 0 fully saturated rings. The SMILES string of the molecule is Cc1ccc(N([C@H](C)C(=O)Nc2ccccc2Sc2ccccc2)S(C)(=O)=O)cc1C. The summed E-state index contributed by atoms with van der Waals surface area (Å²) in [6.45, 7) is 5.47. The lowest BCUT2D eigenvalue weighted by Crippen LogP contribution is -2.45. The fourth-order valence-electron chi connectivity index (χ4n) is 3.18. The number of hydrogen-bond acceptors (Lipinski definition) is 4. The van der Waals surface area contributed by atoms with E-state index in [0.717, 1.165) is 27.2 Å². The first-order valence-corrected chi connectivity index (χ1v) is 12.5. The van der Waals surface area contributed by atoms with Gasteiger partial charge in [0.05, 0.1) is 17.6 Å². The van der Waals surface area contributed by atoms with E-state index < -0.39 is 22.0 Å². The average Bonchev–Trinajstić information content (AvgIpc) is 2.72. The van der Waals surface area contributed by atoms with E-state index in [9.17, 15) is 13.2 Å². The molecule has 0 spiro atoms. The zero-order valence-electron chi connectivity index (χ0n) is 18.0. The lowest BCUT2D eigenvalue weighted by molar-refractivity contribution is -0.116. The van der Waals surface area contributed by atoms with Gasteiger partial charge in [-0.05, 0) is 68.3 Å². The summed E-state index contributed by atoms with van der Waals surface area (Å²) in [7, 11) is -3.68. The summed E-state index contributed by atoms with van der Waals surface area (Å²) in [6, 6.07) is 21.8. The largest absolute Gasteiger partial charge is 0.323 e. The van der Waals surface area contributed by atoms with Crippen molar-refractivity contribution in [3.8, 4) is 0 Å². The lowest BCUT2D eigenvalue weighted by Gasteiger charge is -2.29. The van der Waals surface area contributed by atoms with Crippen LogP contribution in [0.3, 0.4) is 0 Å². The first kappa shape index (κ1) is 22.9. The van der Waals surface area contributed by atoms with Crippen molar-refractivity contribution in [2.75, 3.05) is 15.9 Å². The van der Waals surface area contributed by atoms with Crippen molar-refractivity contribution in [2.45, 2.75) is 36.6 Å². The summed E-state index contributed by atoms with van der Waals surface area (Å²) in [5, 5.41) is 2.91. The van der Waals surface area contributed by atoms with Crippen LogP contribution in [-0.4, -0.2) is 26.6 Å². The highest BCUT2D eigenvalue weighted by atomic mass is 32.2. The predicted octanol–water partition coefficient (Wildman–Crippen LogP) is 5.25. The quantitative estimate of drug-likeness (QED) is 0.530. The van der Waals surface area contributed by atoms with Gasteiger partial charge in [-0.15, -0.1) is 0 Å². The Balaban J connectivity index is 1.87. The van der Waals surface area contributed by atoms with E-state index in [4.69, 9.17) is 0 Å². The van der Waals surface area contributed by atoms with E-state index in [0.29, 0.717) is 11.4 Å². The van der Waals surface area contributed by atoms with Crippen LogP contribution < -0.4 is 9.62 Å². The van der Waals surface area contributed by atoms with Crippen LogP contribution in [0.1, 0.15) is 18.1 Å². The third-order valence-electron chi connectivity index (χ3n) is 4.95. The van der Waals surface area contributed by atoms with Gasteiger partial charge in [0.2, 0.25) is 15.9 Å². The number of nitrogens with zero attached hydrogens (tertiary/aromatic N) is 1. The average molecular weight is 455 g/mol. The molecule has 3 aromatic rings. The fraction of sp³-hybridized carbons (Fsp3) is 0.208. The van der Waals surface area contributed by atoms with Crippen molar-refractivity contribution in [2.24, 2.45) is 0 Å². The standard InChI is InChI=1S/C24H26N2O3S2/c1-17-14-15-20(16-18(17)2)26(31(4,28)29)19(3)24(27)25-22-12-8-9-13-23(22)30-21-10-6-5-7-11-21/h5-16,19H,1-4H3,(H,25,27)/t19-/m1/s1. The Morgan fingerprint density at radius 2 is 1.58 bits per heavy atom. The number of amides is 1. The fourth-order valence-corrected chi connectivity index (χ4v) is 5.27. The molecule has 7 heteroatoms. The maximum absolute atomic E-state index is 13.1. The van der Waals surface area contributed by atoms with Gasteiger partial charge in [-0.25, -0.2) is 8.42 Å². The molecule has 0 saturated carbocycles. The van der Waals surface area contributed by atoms with Crippen LogP contribution in [0.25, 0.3) is 0 Å². The van der Waals surface area contributed by atoms with Crippen LogP contribution in [0.15, 0.2) is 82.6 Å². The lowest BCUT2D eigenvalue weighted by atomic mass is 10.1. The maximum atomic E-state index is 13.1. The van der Waals surface area contributed by atoms with Crippen LogP contribution in [0.4, 0.5) is 11.4 Å². The van der Waals surface area contributed by atoms with Crippen molar-refractivity contribution < 1.29 is 13.2 Å². The van der Waals surface area contributed by atoms with E-state index in [-0.39, 0.29) is 0 Å². The second kappa shape index (κ2) is 9.58. The molecule has 0 radical (unpaired) electrons. The molecule has 0 heterocycles. The van der Waals surface area contributed by atoms with Crippen molar-refractivity contribution in [3.63, 3.8) is 0 Å². The minimum absolute atomic E-state index is 0.398. The molecule has 31 heavy (non-hydrogen) atoms. The van der Waals surface area contributed by atoms with Gasteiger partial charge in [0.1, 0.15) is 6.04 Å². The molecule has 162 valence electrons. The zero-order valence-corrected chi connectivity index (χ0v) is 19.6. The third kappa shape index (κ3) is 5.68. The molecule has 1 N–H and O–H groups in total. The maximum Gasteiger partial charge on any atom is 0.248 e. The Labute approximate surface area is 188 Å². The molecule has 0 aliphatic rings. The number of benzene rings is 3. The normalized spacial score (nSPS) is 12.3. The second-order valence-corrected chi connectivity index (χ2v) is 10.4. The highest BCUT2D eigenvalue weighted by molar-refractivity contribution is 7.99. The van der Waals surface area contributed by atoms with E-state index in [1.54, 1.807) is 19.1 Å². The minimum Gasteiger partial charge on any atom is -0.323 e. The summed E-state index contributed by atoms with van der Waals surface area (Å²) < 4.78 is 26.3. The third-order valence-corrected chi connectivity index (χ3v) is 7.27. The molecule has 0 bridgehead atoms. The zero-order chi connectivity index (χ0) is 22.6. The first-order valence-electron chi connectivity index (χ1n) is 9.86. The monoisotopic (exact) mass is 454 g/mol. The second-order valence-electron chi connectivity index (χ2n) is 7.40. The number of carbonyl (C=O) groups excluding carboxylic acids is 1. The number of hydrogen-bond donors (Lipinski definition) is 1. The Bertz CT molecular complexity index is 1180. The van der Waals surface area contributed by atoms with Gasteiger partial charge in [-0.3, -0.25) is 9.10 Å². The molecule has 0 aliphatic carbocycles. The Morgan fingerprint density at radius 3 is 2.23 bits per heavy atom. The number of nitrogens with one attached hydrogen (secondary N) is 1. The Morgan fingerprint density at radius 1 is 0.935 bits per heavy atom. The minimum atomic E-state index is -3.68. The van der Waals surface area contributed by atoms with Gasteiger partial charge in [-0.1, -0.05) is 48.2 Å². The molecule has 0 saturated heterocycles. The molecule has 1 amide bonds. The molecule has 0 aliphatic heterocycles. The number of para-hydroxylation sites is 1. The number of carbonyl (C=O) groups is 1. The van der Waals surface area contributed by atoms with Crippen molar-refractivity contribution in [1.82, 2.24) is 0 Å². The van der Waals surface area contributed by atoms with Gasteiger partial charge >= 0.3 is 0 Å². The van der Waals surface area contributed by atoms with Gasteiger partial charge in [0.15, 0.2) is 0 Å². The number of sulfonamides is 1. The van der Waals surface area contributed by atoms with Crippen LogP contribution >= 0.6 is 11.8 Å². The molecule has 3 rings (SSSR count).